The average Bonchev–Trinajstić information content (AvgIpc) is 3.28. The van der Waals surface area contributed by atoms with Crippen molar-refractivity contribution in [2.45, 2.75) is 53.9 Å². The summed E-state index contributed by atoms with van der Waals surface area (Å²) in [7, 11) is 0. The van der Waals surface area contributed by atoms with E-state index in [1.165, 1.54) is 35.3 Å². The average molecular weight is 376 g/mol. The first kappa shape index (κ1) is 22.0. The van der Waals surface area contributed by atoms with Gasteiger partial charge in [0.2, 0.25) is 0 Å². The maximum Gasteiger partial charge on any atom is 0.0368 e. The van der Waals surface area contributed by atoms with Gasteiger partial charge in [-0.1, -0.05) is 64.8 Å². The lowest BCUT2D eigenvalue weighted by molar-refractivity contribution is 0.440. The fourth-order valence-corrected chi connectivity index (χ4v) is 3.53. The molecule has 0 atom stereocenters. The Kier molecular flexibility index (Phi) is 7.29. The van der Waals surface area contributed by atoms with Crippen molar-refractivity contribution in [3.8, 4) is 0 Å². The van der Waals surface area contributed by atoms with Crippen LogP contribution in [0.3, 0.4) is 0 Å². The van der Waals surface area contributed by atoms with Gasteiger partial charge in [-0.2, -0.15) is 0 Å². The predicted octanol–water partition coefficient (Wildman–Crippen LogP) is 7.46. The van der Waals surface area contributed by atoms with Gasteiger partial charge in [0, 0.05) is 18.8 Å². The Labute approximate surface area is 172 Å². The molecule has 1 heteroatoms. The third-order valence-electron chi connectivity index (χ3n) is 5.64. The third-order valence-corrected chi connectivity index (χ3v) is 5.64. The Hall–Kier alpha value is -2.28. The van der Waals surface area contributed by atoms with E-state index in [-0.39, 0.29) is 5.41 Å². The zero-order chi connectivity index (χ0) is 20.9. The van der Waals surface area contributed by atoms with Gasteiger partial charge in [0.25, 0.3) is 0 Å². The molecule has 1 aliphatic carbocycles. The molecule has 1 heterocycles. The second-order valence-corrected chi connectivity index (χ2v) is 8.86. The summed E-state index contributed by atoms with van der Waals surface area (Å²) in [5.74, 6) is 0. The molecule has 0 aromatic carbocycles. The molecule has 0 radical (unpaired) electrons. The van der Waals surface area contributed by atoms with Crippen LogP contribution in [0.4, 0.5) is 0 Å². The van der Waals surface area contributed by atoms with Crippen LogP contribution in [-0.2, 0) is 0 Å². The molecule has 150 valence electrons. The summed E-state index contributed by atoms with van der Waals surface area (Å²) < 4.78 is 0. The highest BCUT2D eigenvalue weighted by molar-refractivity contribution is 5.61. The van der Waals surface area contributed by atoms with Gasteiger partial charge < -0.3 is 4.90 Å². The Morgan fingerprint density at radius 2 is 1.79 bits per heavy atom. The molecule has 0 aromatic heterocycles. The van der Waals surface area contributed by atoms with Gasteiger partial charge in [0.15, 0.2) is 0 Å². The number of rotatable bonds is 6. The van der Waals surface area contributed by atoms with Gasteiger partial charge in [-0.05, 0) is 84.1 Å². The van der Waals surface area contributed by atoms with Crippen molar-refractivity contribution in [3.05, 3.63) is 95.3 Å². The van der Waals surface area contributed by atoms with Crippen LogP contribution in [0.5, 0.6) is 0 Å². The molecule has 2 rings (SSSR count). The van der Waals surface area contributed by atoms with Crippen molar-refractivity contribution in [3.63, 3.8) is 0 Å². The molecule has 1 nitrogen and oxygen atoms in total. The molecule has 0 unspecified atom stereocenters. The molecule has 0 bridgehead atoms. The molecular weight excluding hydrogens is 338 g/mol. The van der Waals surface area contributed by atoms with E-state index in [1.807, 2.05) is 0 Å². The highest BCUT2D eigenvalue weighted by atomic mass is 15.1. The van der Waals surface area contributed by atoms with Crippen molar-refractivity contribution in [2.75, 3.05) is 13.1 Å². The lowest BCUT2D eigenvalue weighted by Gasteiger charge is -2.23. The number of hydrogen-bond acceptors (Lipinski definition) is 1. The number of hydrogen-bond donors (Lipinski definition) is 0. The van der Waals surface area contributed by atoms with E-state index in [9.17, 15) is 0 Å². The van der Waals surface area contributed by atoms with E-state index >= 15 is 0 Å². The minimum absolute atomic E-state index is 0.0633. The van der Waals surface area contributed by atoms with Crippen LogP contribution in [-0.4, -0.2) is 18.0 Å². The fraction of sp³-hybridized carbons (Fsp3) is 0.407. The maximum absolute atomic E-state index is 4.32. The normalized spacial score (nSPS) is 20.5. The summed E-state index contributed by atoms with van der Waals surface area (Å²) in [5.41, 5.74) is 8.33. The van der Waals surface area contributed by atoms with E-state index in [0.29, 0.717) is 0 Å². The topological polar surface area (TPSA) is 3.24 Å². The summed E-state index contributed by atoms with van der Waals surface area (Å²) in [6.45, 7) is 26.0. The van der Waals surface area contributed by atoms with Gasteiger partial charge >= 0.3 is 0 Å². The molecule has 0 aromatic rings. The van der Waals surface area contributed by atoms with E-state index in [4.69, 9.17) is 0 Å². The molecule has 1 fully saturated rings. The van der Waals surface area contributed by atoms with Crippen LogP contribution in [0.15, 0.2) is 95.3 Å². The molecule has 28 heavy (non-hydrogen) atoms. The second kappa shape index (κ2) is 9.28. The molecule has 0 saturated carbocycles. The van der Waals surface area contributed by atoms with Gasteiger partial charge in [-0.3, -0.25) is 0 Å². The molecule has 0 amide bonds. The van der Waals surface area contributed by atoms with Crippen molar-refractivity contribution in [1.29, 1.82) is 0 Å². The summed E-state index contributed by atoms with van der Waals surface area (Å²) in [6, 6.07) is 0. The van der Waals surface area contributed by atoms with Crippen LogP contribution in [0, 0.1) is 5.41 Å². The Morgan fingerprint density at radius 1 is 1.14 bits per heavy atom. The smallest absolute Gasteiger partial charge is 0.0368 e. The first-order valence-electron chi connectivity index (χ1n) is 10.4. The predicted molar refractivity (Wildman–Crippen MR) is 125 cm³/mol. The van der Waals surface area contributed by atoms with Crippen molar-refractivity contribution in [1.82, 2.24) is 4.90 Å². The summed E-state index contributed by atoms with van der Waals surface area (Å²) in [4.78, 5) is 2.45. The van der Waals surface area contributed by atoms with Crippen molar-refractivity contribution in [2.24, 2.45) is 5.41 Å². The highest BCUT2D eigenvalue weighted by Crippen LogP contribution is 2.40. The summed E-state index contributed by atoms with van der Waals surface area (Å²) in [6.07, 6.45) is 16.6. The van der Waals surface area contributed by atoms with Gasteiger partial charge in [-0.15, -0.1) is 0 Å². The Balaban J connectivity index is 2.13. The summed E-state index contributed by atoms with van der Waals surface area (Å²) >= 11 is 0. The standard InChI is InChI=1S/C27H37N/c1-9-12-25(28-17-10-11-18-28)19-21(3)20(2)13-14-24-15-16-26(22(24)4)23(5)27(6,7)8/h9,12-14,16,19H,3-5,10-11,15,17-18H2,1-2,6-8H3/b12-9-,20-13+,24-14-,25-19+. The Morgan fingerprint density at radius 3 is 2.36 bits per heavy atom. The zero-order valence-corrected chi connectivity index (χ0v) is 18.6. The van der Waals surface area contributed by atoms with Crippen molar-refractivity contribution >= 4 is 0 Å². The molecule has 1 aliphatic heterocycles. The first-order chi connectivity index (χ1) is 13.1. The largest absolute Gasteiger partial charge is 0.372 e. The van der Waals surface area contributed by atoms with E-state index in [0.717, 1.165) is 36.2 Å². The molecule has 0 spiro atoms. The zero-order valence-electron chi connectivity index (χ0n) is 18.6. The van der Waals surface area contributed by atoms with Crippen LogP contribution in [0.1, 0.15) is 53.9 Å². The SMILES string of the molecule is C=C1C(C(=C)C(C)(C)C)=CC/C1=C/C=C(\C)C(=C)/C=C(\C=C/C)N1CCCC1. The van der Waals surface area contributed by atoms with Crippen LogP contribution in [0.25, 0.3) is 0 Å². The highest BCUT2D eigenvalue weighted by Gasteiger charge is 2.24. The fourth-order valence-electron chi connectivity index (χ4n) is 3.53. The Bertz CT molecular complexity index is 794. The van der Waals surface area contributed by atoms with E-state index in [1.54, 1.807) is 0 Å². The lowest BCUT2D eigenvalue weighted by Crippen LogP contribution is -2.17. The van der Waals surface area contributed by atoms with Gasteiger partial charge in [0.1, 0.15) is 0 Å². The molecule has 0 N–H and O–H groups in total. The second-order valence-electron chi connectivity index (χ2n) is 8.86. The first-order valence-corrected chi connectivity index (χ1v) is 10.4. The monoisotopic (exact) mass is 375 g/mol. The minimum Gasteiger partial charge on any atom is -0.372 e. The molecule has 1 saturated heterocycles. The lowest BCUT2D eigenvalue weighted by atomic mass is 9.81. The van der Waals surface area contributed by atoms with Crippen LogP contribution in [0.2, 0.25) is 0 Å². The van der Waals surface area contributed by atoms with Crippen LogP contribution >= 0.6 is 0 Å². The summed E-state index contributed by atoms with van der Waals surface area (Å²) in [5, 5.41) is 0. The third kappa shape index (κ3) is 5.38. The minimum atomic E-state index is 0.0633. The van der Waals surface area contributed by atoms with Crippen LogP contribution < -0.4 is 0 Å². The maximum atomic E-state index is 4.32. The quantitative estimate of drug-likeness (QED) is 0.435. The molecular formula is C27H37N. The van der Waals surface area contributed by atoms with Gasteiger partial charge in [-0.25, -0.2) is 0 Å². The number of likely N-dealkylation sites (tertiary alicyclic amines) is 1. The molecule has 2 aliphatic rings. The van der Waals surface area contributed by atoms with E-state index in [2.05, 4.69) is 95.7 Å². The number of allylic oxidation sites excluding steroid dienone is 12. The van der Waals surface area contributed by atoms with E-state index < -0.39 is 0 Å². The van der Waals surface area contributed by atoms with Gasteiger partial charge in [0.05, 0.1) is 0 Å². The number of nitrogens with zero attached hydrogens (tertiary/aromatic N) is 1. The van der Waals surface area contributed by atoms with Crippen molar-refractivity contribution < 1.29 is 0 Å².